The fraction of sp³-hybridized carbons (Fsp3) is 0.250. The zero-order chi connectivity index (χ0) is 14.8. The summed E-state index contributed by atoms with van der Waals surface area (Å²) in [6.07, 6.45) is 0.391. The normalized spacial score (nSPS) is 15.0. The van der Waals surface area contributed by atoms with Crippen LogP contribution < -0.4 is 11.3 Å². The van der Waals surface area contributed by atoms with Gasteiger partial charge in [-0.05, 0) is 35.2 Å². The minimum Gasteiger partial charge on any atom is -0.372 e. The molecule has 0 saturated carbocycles. The standard InChI is InChI=1S/C16H16ClFN2O/c17-14-2-1-3-15(18)13(14)7-16(20-19)10-4-5-11-8-21-9-12(11)6-10/h1-6,16,20H,7-9,19H2. The number of nitrogens with two attached hydrogens (primary N) is 1. The first-order valence-corrected chi connectivity index (χ1v) is 7.15. The van der Waals surface area contributed by atoms with E-state index in [0.717, 1.165) is 11.1 Å². The van der Waals surface area contributed by atoms with Crippen LogP contribution in [0, 0.1) is 5.82 Å². The number of hydrogen-bond donors (Lipinski definition) is 2. The average molecular weight is 307 g/mol. The molecule has 0 aromatic heterocycles. The topological polar surface area (TPSA) is 47.3 Å². The summed E-state index contributed by atoms with van der Waals surface area (Å²) in [7, 11) is 0. The highest BCUT2D eigenvalue weighted by molar-refractivity contribution is 6.31. The summed E-state index contributed by atoms with van der Waals surface area (Å²) in [4.78, 5) is 0. The molecule has 0 spiro atoms. The molecule has 0 aliphatic carbocycles. The molecule has 3 N–H and O–H groups in total. The van der Waals surface area contributed by atoms with E-state index in [4.69, 9.17) is 22.2 Å². The van der Waals surface area contributed by atoms with Gasteiger partial charge in [0.1, 0.15) is 5.82 Å². The zero-order valence-corrected chi connectivity index (χ0v) is 12.2. The van der Waals surface area contributed by atoms with E-state index in [1.807, 2.05) is 12.1 Å². The number of fused-ring (bicyclic) bond motifs is 1. The van der Waals surface area contributed by atoms with Gasteiger partial charge in [0.25, 0.3) is 0 Å². The Balaban J connectivity index is 1.89. The van der Waals surface area contributed by atoms with Crippen LogP contribution in [0.15, 0.2) is 36.4 Å². The number of halogens is 2. The Morgan fingerprint density at radius 1 is 1.24 bits per heavy atom. The van der Waals surface area contributed by atoms with Gasteiger partial charge in [0.2, 0.25) is 0 Å². The number of rotatable bonds is 4. The molecule has 1 heterocycles. The lowest BCUT2D eigenvalue weighted by atomic mass is 9.96. The number of hydrazine groups is 1. The highest BCUT2D eigenvalue weighted by Crippen LogP contribution is 2.28. The van der Waals surface area contributed by atoms with Crippen molar-refractivity contribution in [3.8, 4) is 0 Å². The Morgan fingerprint density at radius 2 is 2.05 bits per heavy atom. The first-order valence-electron chi connectivity index (χ1n) is 6.77. The van der Waals surface area contributed by atoms with Crippen molar-refractivity contribution in [2.24, 2.45) is 5.84 Å². The predicted molar refractivity (Wildman–Crippen MR) is 80.1 cm³/mol. The van der Waals surface area contributed by atoms with Crippen molar-refractivity contribution < 1.29 is 9.13 Å². The van der Waals surface area contributed by atoms with Gasteiger partial charge in [0.05, 0.1) is 19.3 Å². The van der Waals surface area contributed by atoms with Crippen molar-refractivity contribution in [3.63, 3.8) is 0 Å². The third-order valence-corrected chi connectivity index (χ3v) is 4.17. The van der Waals surface area contributed by atoms with Gasteiger partial charge in [-0.2, -0.15) is 0 Å². The molecule has 2 aromatic carbocycles. The first kappa shape index (κ1) is 14.5. The van der Waals surface area contributed by atoms with Gasteiger partial charge in [-0.3, -0.25) is 11.3 Å². The monoisotopic (exact) mass is 306 g/mol. The fourth-order valence-corrected chi connectivity index (χ4v) is 2.85. The molecule has 0 amide bonds. The number of benzene rings is 2. The van der Waals surface area contributed by atoms with Gasteiger partial charge in [-0.25, -0.2) is 4.39 Å². The molecule has 3 nitrogen and oxygen atoms in total. The SMILES string of the molecule is NNC(Cc1c(F)cccc1Cl)c1ccc2c(c1)COC2. The maximum Gasteiger partial charge on any atom is 0.127 e. The van der Waals surface area contributed by atoms with E-state index in [1.165, 1.54) is 11.6 Å². The largest absolute Gasteiger partial charge is 0.372 e. The van der Waals surface area contributed by atoms with Crippen molar-refractivity contribution in [2.45, 2.75) is 25.7 Å². The molecule has 110 valence electrons. The van der Waals surface area contributed by atoms with Crippen molar-refractivity contribution >= 4 is 11.6 Å². The fourth-order valence-electron chi connectivity index (χ4n) is 2.61. The van der Waals surface area contributed by atoms with E-state index >= 15 is 0 Å². The lowest BCUT2D eigenvalue weighted by Crippen LogP contribution is -2.30. The molecule has 1 aliphatic rings. The molecule has 2 aromatic rings. The number of hydrogen-bond acceptors (Lipinski definition) is 3. The second kappa shape index (κ2) is 6.12. The van der Waals surface area contributed by atoms with Gasteiger partial charge in [0.15, 0.2) is 0 Å². The van der Waals surface area contributed by atoms with Crippen LogP contribution >= 0.6 is 11.6 Å². The van der Waals surface area contributed by atoms with Crippen molar-refractivity contribution in [1.29, 1.82) is 0 Å². The molecule has 1 unspecified atom stereocenters. The van der Waals surface area contributed by atoms with Crippen LogP contribution in [0.3, 0.4) is 0 Å². The molecule has 1 aliphatic heterocycles. The van der Waals surface area contributed by atoms with Crippen LogP contribution in [0.1, 0.15) is 28.3 Å². The van der Waals surface area contributed by atoms with E-state index < -0.39 is 0 Å². The Labute approximate surface area is 127 Å². The Bertz CT molecular complexity index is 642. The average Bonchev–Trinajstić information content (AvgIpc) is 2.94. The molecule has 0 fully saturated rings. The van der Waals surface area contributed by atoms with Crippen molar-refractivity contribution in [1.82, 2.24) is 5.43 Å². The van der Waals surface area contributed by atoms with Gasteiger partial charge in [-0.1, -0.05) is 35.9 Å². The smallest absolute Gasteiger partial charge is 0.127 e. The van der Waals surface area contributed by atoms with Gasteiger partial charge < -0.3 is 4.74 Å². The molecular weight excluding hydrogens is 291 g/mol. The molecule has 5 heteroatoms. The van der Waals surface area contributed by atoms with Crippen molar-refractivity contribution in [3.05, 3.63) is 69.5 Å². The van der Waals surface area contributed by atoms with Crippen molar-refractivity contribution in [2.75, 3.05) is 0 Å². The summed E-state index contributed by atoms with van der Waals surface area (Å²) in [6.45, 7) is 1.26. The summed E-state index contributed by atoms with van der Waals surface area (Å²) in [5.74, 6) is 5.34. The second-order valence-electron chi connectivity index (χ2n) is 5.14. The van der Waals surface area contributed by atoms with E-state index in [9.17, 15) is 4.39 Å². The molecule has 21 heavy (non-hydrogen) atoms. The predicted octanol–water partition coefficient (Wildman–Crippen LogP) is 3.26. The van der Waals surface area contributed by atoms with Crippen LogP contribution in [-0.4, -0.2) is 0 Å². The third-order valence-electron chi connectivity index (χ3n) is 3.82. The van der Waals surface area contributed by atoms with Gasteiger partial charge in [0, 0.05) is 10.6 Å². The summed E-state index contributed by atoms with van der Waals surface area (Å²) in [6, 6.07) is 10.6. The second-order valence-corrected chi connectivity index (χ2v) is 5.55. The van der Waals surface area contributed by atoms with Crippen LogP contribution in [0.2, 0.25) is 5.02 Å². The zero-order valence-electron chi connectivity index (χ0n) is 11.4. The maximum absolute atomic E-state index is 13.9. The minimum absolute atomic E-state index is 0.203. The van der Waals surface area contributed by atoms with Crippen LogP contribution in [0.4, 0.5) is 4.39 Å². The summed E-state index contributed by atoms with van der Waals surface area (Å²) >= 11 is 6.08. The van der Waals surface area contributed by atoms with E-state index in [2.05, 4.69) is 11.5 Å². The number of nitrogens with one attached hydrogen (secondary N) is 1. The molecule has 0 radical (unpaired) electrons. The number of ether oxygens (including phenoxy) is 1. The van der Waals surface area contributed by atoms with Crippen LogP contribution in [0.5, 0.6) is 0 Å². The van der Waals surface area contributed by atoms with E-state index in [1.54, 1.807) is 12.1 Å². The molecule has 0 bridgehead atoms. The highest BCUT2D eigenvalue weighted by atomic mass is 35.5. The minimum atomic E-state index is -0.313. The lowest BCUT2D eigenvalue weighted by Gasteiger charge is -2.18. The Hall–Kier alpha value is -1.46. The Morgan fingerprint density at radius 3 is 2.81 bits per heavy atom. The molecule has 1 atom stereocenters. The maximum atomic E-state index is 13.9. The summed E-state index contributed by atoms with van der Waals surface area (Å²) in [5.41, 5.74) is 6.57. The van der Waals surface area contributed by atoms with Gasteiger partial charge in [-0.15, -0.1) is 0 Å². The third kappa shape index (κ3) is 2.94. The summed E-state index contributed by atoms with van der Waals surface area (Å²) < 4.78 is 19.3. The molecule has 0 saturated heterocycles. The lowest BCUT2D eigenvalue weighted by molar-refractivity contribution is 0.134. The van der Waals surface area contributed by atoms with Crippen LogP contribution in [0.25, 0.3) is 0 Å². The quantitative estimate of drug-likeness (QED) is 0.673. The first-order chi connectivity index (χ1) is 10.2. The molecule has 3 rings (SSSR count). The van der Waals surface area contributed by atoms with Crippen LogP contribution in [-0.2, 0) is 24.4 Å². The highest BCUT2D eigenvalue weighted by Gasteiger charge is 2.18. The summed E-state index contributed by atoms with van der Waals surface area (Å²) in [5, 5.41) is 0.416. The van der Waals surface area contributed by atoms with E-state index in [0.29, 0.717) is 30.2 Å². The van der Waals surface area contributed by atoms with Gasteiger partial charge >= 0.3 is 0 Å². The Kier molecular flexibility index (Phi) is 4.22. The molecular formula is C16H16ClFN2O. The van der Waals surface area contributed by atoms with E-state index in [-0.39, 0.29) is 11.9 Å².